The van der Waals surface area contributed by atoms with Gasteiger partial charge in [-0.3, -0.25) is 0 Å². The second kappa shape index (κ2) is 4.56. The Morgan fingerprint density at radius 3 is 2.64 bits per heavy atom. The fourth-order valence-corrected chi connectivity index (χ4v) is 0.694. The molecule has 0 saturated heterocycles. The molecule has 1 rings (SSSR count). The van der Waals surface area contributed by atoms with E-state index in [0.717, 1.165) is 12.2 Å². The number of hydrogen-bond donors (Lipinski definition) is 0. The molecule has 0 unspecified atom stereocenters. The molecule has 1 radical (unpaired) electrons. The summed E-state index contributed by atoms with van der Waals surface area (Å²) in [6.45, 7) is 3.65. The van der Waals surface area contributed by atoms with Crippen LogP contribution in [0.25, 0.3) is 0 Å². The molecule has 0 aliphatic heterocycles. The first-order valence-corrected chi connectivity index (χ1v) is 3.59. The highest BCUT2D eigenvalue weighted by Crippen LogP contribution is 2.08. The average molecular weight is 147 g/mol. The number of para-hydroxylation sites is 1. The van der Waals surface area contributed by atoms with Gasteiger partial charge in [0.05, 0.1) is 6.26 Å². The largest absolute Gasteiger partial charge is 0.465 e. The predicted octanol–water partition coefficient (Wildman–Crippen LogP) is 2.80. The molecule has 0 aromatic heterocycles. The number of rotatable bonds is 3. The number of ether oxygens (including phenoxy) is 1. The van der Waals surface area contributed by atoms with E-state index in [-0.39, 0.29) is 0 Å². The second-order valence-corrected chi connectivity index (χ2v) is 2.09. The van der Waals surface area contributed by atoms with Crippen LogP contribution in [-0.4, -0.2) is 0 Å². The van der Waals surface area contributed by atoms with Crippen molar-refractivity contribution >= 4 is 0 Å². The van der Waals surface area contributed by atoms with Gasteiger partial charge in [0.1, 0.15) is 5.75 Å². The van der Waals surface area contributed by atoms with Crippen molar-refractivity contribution in [2.45, 2.75) is 6.42 Å². The molecule has 1 aromatic carbocycles. The summed E-state index contributed by atoms with van der Waals surface area (Å²) in [5, 5.41) is 0. The molecule has 57 valence electrons. The molecule has 0 amide bonds. The van der Waals surface area contributed by atoms with Gasteiger partial charge in [-0.05, 0) is 31.6 Å². The summed E-state index contributed by atoms with van der Waals surface area (Å²) in [5.41, 5.74) is 0. The van der Waals surface area contributed by atoms with Crippen LogP contribution in [0.5, 0.6) is 5.75 Å². The minimum Gasteiger partial charge on any atom is -0.465 e. The van der Waals surface area contributed by atoms with Gasteiger partial charge in [-0.2, -0.15) is 0 Å². The Balaban J connectivity index is 2.45. The van der Waals surface area contributed by atoms with Crippen LogP contribution in [0, 0.1) is 6.92 Å². The Morgan fingerprint density at radius 2 is 2.00 bits per heavy atom. The van der Waals surface area contributed by atoms with Crippen LogP contribution >= 0.6 is 0 Å². The van der Waals surface area contributed by atoms with E-state index in [2.05, 4.69) is 6.92 Å². The molecule has 11 heavy (non-hydrogen) atoms. The lowest BCUT2D eigenvalue weighted by Crippen LogP contribution is -1.79. The number of benzene rings is 1. The van der Waals surface area contributed by atoms with Gasteiger partial charge >= 0.3 is 0 Å². The van der Waals surface area contributed by atoms with Crippen molar-refractivity contribution in [1.82, 2.24) is 0 Å². The van der Waals surface area contributed by atoms with Crippen LogP contribution in [0.2, 0.25) is 0 Å². The highest BCUT2D eigenvalue weighted by atomic mass is 16.5. The molecule has 0 saturated carbocycles. The number of allylic oxidation sites excluding steroid dienone is 1. The maximum atomic E-state index is 5.23. The molecular weight excluding hydrogens is 136 g/mol. The zero-order valence-corrected chi connectivity index (χ0v) is 6.36. The van der Waals surface area contributed by atoms with Crippen LogP contribution in [0.3, 0.4) is 0 Å². The van der Waals surface area contributed by atoms with Gasteiger partial charge in [-0.25, -0.2) is 0 Å². The van der Waals surface area contributed by atoms with E-state index in [9.17, 15) is 0 Å². The Hall–Kier alpha value is -1.24. The topological polar surface area (TPSA) is 9.23 Å². The SMILES string of the molecule is [CH2]C/C=C/Oc1ccccc1. The van der Waals surface area contributed by atoms with Gasteiger partial charge in [0.2, 0.25) is 0 Å². The molecule has 1 nitrogen and oxygen atoms in total. The highest BCUT2D eigenvalue weighted by molar-refractivity contribution is 5.21. The maximum absolute atomic E-state index is 5.23. The number of hydrogen-bond acceptors (Lipinski definition) is 1. The lowest BCUT2D eigenvalue weighted by atomic mass is 10.3. The summed E-state index contributed by atoms with van der Waals surface area (Å²) in [6, 6.07) is 9.65. The second-order valence-electron chi connectivity index (χ2n) is 2.09. The van der Waals surface area contributed by atoms with Crippen LogP contribution in [-0.2, 0) is 0 Å². The van der Waals surface area contributed by atoms with E-state index in [1.807, 2.05) is 36.4 Å². The van der Waals surface area contributed by atoms with E-state index in [0.29, 0.717) is 0 Å². The molecule has 0 atom stereocenters. The van der Waals surface area contributed by atoms with Gasteiger partial charge in [0.15, 0.2) is 0 Å². The van der Waals surface area contributed by atoms with Crippen molar-refractivity contribution in [3.63, 3.8) is 0 Å². The van der Waals surface area contributed by atoms with Crippen molar-refractivity contribution in [3.8, 4) is 5.75 Å². The molecule has 0 heterocycles. The minimum absolute atomic E-state index is 0.757. The maximum Gasteiger partial charge on any atom is 0.126 e. The zero-order valence-electron chi connectivity index (χ0n) is 6.36. The first-order chi connectivity index (χ1) is 5.43. The molecule has 1 aromatic rings. The Morgan fingerprint density at radius 1 is 1.27 bits per heavy atom. The summed E-state index contributed by atoms with van der Waals surface area (Å²) in [5.74, 6) is 0.859. The zero-order chi connectivity index (χ0) is 7.94. The summed E-state index contributed by atoms with van der Waals surface area (Å²) >= 11 is 0. The third-order valence-electron chi connectivity index (χ3n) is 1.21. The fourth-order valence-electron chi connectivity index (χ4n) is 0.694. The van der Waals surface area contributed by atoms with E-state index in [1.54, 1.807) is 6.26 Å². The monoisotopic (exact) mass is 147 g/mol. The molecule has 0 spiro atoms. The molecule has 0 N–H and O–H groups in total. The van der Waals surface area contributed by atoms with Crippen LogP contribution in [0.15, 0.2) is 42.7 Å². The first kappa shape index (κ1) is 7.86. The van der Waals surface area contributed by atoms with Crippen molar-refractivity contribution in [2.75, 3.05) is 0 Å². The standard InChI is InChI=1S/C10H11O/c1-2-3-9-11-10-7-5-4-6-8-10/h3-9H,1-2H2/b9-3+. The van der Waals surface area contributed by atoms with E-state index < -0.39 is 0 Å². The third-order valence-corrected chi connectivity index (χ3v) is 1.21. The Bertz CT molecular complexity index is 214. The minimum atomic E-state index is 0.757. The van der Waals surface area contributed by atoms with E-state index in [4.69, 9.17) is 4.74 Å². The van der Waals surface area contributed by atoms with Crippen molar-refractivity contribution in [3.05, 3.63) is 49.6 Å². The molecule has 0 fully saturated rings. The summed E-state index contributed by atoms with van der Waals surface area (Å²) in [4.78, 5) is 0. The van der Waals surface area contributed by atoms with Gasteiger partial charge in [-0.15, -0.1) is 0 Å². The third kappa shape index (κ3) is 2.89. The van der Waals surface area contributed by atoms with E-state index in [1.165, 1.54) is 0 Å². The van der Waals surface area contributed by atoms with Gasteiger partial charge in [0.25, 0.3) is 0 Å². The van der Waals surface area contributed by atoms with E-state index >= 15 is 0 Å². The normalized spacial score (nSPS) is 10.3. The van der Waals surface area contributed by atoms with Crippen molar-refractivity contribution in [1.29, 1.82) is 0 Å². The van der Waals surface area contributed by atoms with Crippen LogP contribution in [0.4, 0.5) is 0 Å². The first-order valence-electron chi connectivity index (χ1n) is 3.59. The van der Waals surface area contributed by atoms with Gasteiger partial charge in [-0.1, -0.05) is 18.2 Å². The molecule has 1 heteroatoms. The Labute approximate surface area is 67.3 Å². The summed E-state index contributed by atoms with van der Waals surface area (Å²) in [6.07, 6.45) is 4.28. The summed E-state index contributed by atoms with van der Waals surface area (Å²) in [7, 11) is 0. The van der Waals surface area contributed by atoms with Crippen LogP contribution in [0.1, 0.15) is 6.42 Å². The molecular formula is C10H11O. The smallest absolute Gasteiger partial charge is 0.126 e. The summed E-state index contributed by atoms with van der Waals surface area (Å²) < 4.78 is 5.23. The quantitative estimate of drug-likeness (QED) is 0.597. The molecule has 0 aliphatic carbocycles. The molecule has 0 bridgehead atoms. The van der Waals surface area contributed by atoms with Gasteiger partial charge in [0, 0.05) is 0 Å². The van der Waals surface area contributed by atoms with Gasteiger partial charge < -0.3 is 4.74 Å². The highest BCUT2D eigenvalue weighted by Gasteiger charge is 1.83. The van der Waals surface area contributed by atoms with Crippen LogP contribution < -0.4 is 4.74 Å². The predicted molar refractivity (Wildman–Crippen MR) is 46.2 cm³/mol. The Kier molecular flexibility index (Phi) is 3.26. The van der Waals surface area contributed by atoms with Crippen molar-refractivity contribution < 1.29 is 4.74 Å². The fraction of sp³-hybridized carbons (Fsp3) is 0.100. The lowest BCUT2D eigenvalue weighted by molar-refractivity contribution is 0.479. The molecule has 0 aliphatic rings. The van der Waals surface area contributed by atoms with Crippen molar-refractivity contribution in [2.24, 2.45) is 0 Å². The lowest BCUT2D eigenvalue weighted by Gasteiger charge is -1.96. The average Bonchev–Trinajstić information content (AvgIpc) is 2.07.